The van der Waals surface area contributed by atoms with E-state index in [4.69, 9.17) is 16.1 Å². The van der Waals surface area contributed by atoms with Crippen LogP contribution in [-0.4, -0.2) is 35.5 Å². The van der Waals surface area contributed by atoms with Crippen LogP contribution in [-0.2, 0) is 4.79 Å². The molecule has 0 saturated carbocycles. The van der Waals surface area contributed by atoms with Crippen molar-refractivity contribution in [2.24, 2.45) is 0 Å². The lowest BCUT2D eigenvalue weighted by molar-refractivity contribution is -0.116. The molecule has 7 heteroatoms. The first-order chi connectivity index (χ1) is 13.0. The van der Waals surface area contributed by atoms with E-state index in [0.717, 1.165) is 5.56 Å². The molecule has 0 bridgehead atoms. The summed E-state index contributed by atoms with van der Waals surface area (Å²) in [7, 11) is 1.56. The molecular formula is C20H18ClN3O3. The number of nitrogens with zero attached hydrogens (tertiary/aromatic N) is 2. The Bertz CT molecular complexity index is 952. The standard InChI is InChI=1S/C20H18ClN3O3/c1-13-18(19(23-27-13)14-6-4-3-5-7-14)20(26)24(2)12-17(25)22-16-10-8-15(21)9-11-16/h3-11H,12H2,1-2H3,(H,22,25). The van der Waals surface area contributed by atoms with Gasteiger partial charge in [-0.1, -0.05) is 47.1 Å². The Morgan fingerprint density at radius 1 is 1.11 bits per heavy atom. The molecule has 6 nitrogen and oxygen atoms in total. The molecule has 1 aromatic heterocycles. The Hall–Kier alpha value is -3.12. The second-order valence-electron chi connectivity index (χ2n) is 6.04. The molecule has 0 unspecified atom stereocenters. The maximum absolute atomic E-state index is 12.9. The van der Waals surface area contributed by atoms with Crippen LogP contribution in [0, 0.1) is 6.92 Å². The quantitative estimate of drug-likeness (QED) is 0.722. The Morgan fingerprint density at radius 3 is 2.44 bits per heavy atom. The van der Waals surface area contributed by atoms with E-state index in [1.165, 1.54) is 4.90 Å². The van der Waals surface area contributed by atoms with E-state index in [1.807, 2.05) is 30.3 Å². The number of benzene rings is 2. The van der Waals surface area contributed by atoms with Gasteiger partial charge in [-0.15, -0.1) is 0 Å². The fraction of sp³-hybridized carbons (Fsp3) is 0.150. The topological polar surface area (TPSA) is 75.4 Å². The van der Waals surface area contributed by atoms with Crippen LogP contribution >= 0.6 is 11.6 Å². The number of nitrogens with one attached hydrogen (secondary N) is 1. The van der Waals surface area contributed by atoms with Crippen molar-refractivity contribution in [2.75, 3.05) is 18.9 Å². The van der Waals surface area contributed by atoms with Crippen LogP contribution < -0.4 is 5.32 Å². The lowest BCUT2D eigenvalue weighted by atomic mass is 10.1. The summed E-state index contributed by atoms with van der Waals surface area (Å²) in [5, 5.41) is 7.32. The molecule has 3 aromatic rings. The van der Waals surface area contributed by atoms with Crippen molar-refractivity contribution in [3.8, 4) is 11.3 Å². The van der Waals surface area contributed by atoms with Crippen molar-refractivity contribution >= 4 is 29.1 Å². The second kappa shape index (κ2) is 8.05. The Kier molecular flexibility index (Phi) is 5.57. The first kappa shape index (κ1) is 18.7. The molecule has 0 aliphatic rings. The van der Waals surface area contributed by atoms with Crippen LogP contribution in [0.1, 0.15) is 16.1 Å². The van der Waals surface area contributed by atoms with Crippen LogP contribution in [0.5, 0.6) is 0 Å². The van der Waals surface area contributed by atoms with Gasteiger partial charge in [0.2, 0.25) is 5.91 Å². The highest BCUT2D eigenvalue weighted by molar-refractivity contribution is 6.30. The van der Waals surface area contributed by atoms with Crippen molar-refractivity contribution in [1.29, 1.82) is 0 Å². The third-order valence-corrected chi connectivity index (χ3v) is 4.23. The van der Waals surface area contributed by atoms with E-state index in [9.17, 15) is 9.59 Å². The third-order valence-electron chi connectivity index (χ3n) is 3.98. The lowest BCUT2D eigenvalue weighted by Crippen LogP contribution is -2.35. The summed E-state index contributed by atoms with van der Waals surface area (Å²) in [6.07, 6.45) is 0. The maximum Gasteiger partial charge on any atom is 0.259 e. The summed E-state index contributed by atoms with van der Waals surface area (Å²) in [4.78, 5) is 26.5. The molecule has 1 heterocycles. The number of amides is 2. The predicted octanol–water partition coefficient (Wildman–Crippen LogP) is 4.01. The Labute approximate surface area is 161 Å². The Morgan fingerprint density at radius 2 is 1.78 bits per heavy atom. The van der Waals surface area contributed by atoms with E-state index >= 15 is 0 Å². The van der Waals surface area contributed by atoms with Gasteiger partial charge in [-0.2, -0.15) is 0 Å². The zero-order chi connectivity index (χ0) is 19.4. The monoisotopic (exact) mass is 383 g/mol. The minimum Gasteiger partial charge on any atom is -0.360 e. The normalized spacial score (nSPS) is 10.5. The largest absolute Gasteiger partial charge is 0.360 e. The van der Waals surface area contributed by atoms with Gasteiger partial charge in [0.05, 0.1) is 6.54 Å². The van der Waals surface area contributed by atoms with Crippen LogP contribution in [0.2, 0.25) is 5.02 Å². The van der Waals surface area contributed by atoms with Gasteiger partial charge in [0.15, 0.2) is 0 Å². The van der Waals surface area contributed by atoms with Crippen LogP contribution in [0.3, 0.4) is 0 Å². The number of hydrogen-bond acceptors (Lipinski definition) is 4. The second-order valence-corrected chi connectivity index (χ2v) is 6.48. The third kappa shape index (κ3) is 4.35. The molecule has 0 fully saturated rings. The summed E-state index contributed by atoms with van der Waals surface area (Å²) < 4.78 is 5.22. The first-order valence-corrected chi connectivity index (χ1v) is 8.66. The number of carbonyl (C=O) groups is 2. The summed E-state index contributed by atoms with van der Waals surface area (Å²) >= 11 is 5.83. The van der Waals surface area contributed by atoms with Crippen molar-refractivity contribution in [3.05, 3.63) is 70.9 Å². The smallest absolute Gasteiger partial charge is 0.259 e. The number of rotatable bonds is 5. The molecule has 0 radical (unpaired) electrons. The lowest BCUT2D eigenvalue weighted by Gasteiger charge is -2.17. The van der Waals surface area contributed by atoms with Gasteiger partial charge >= 0.3 is 0 Å². The highest BCUT2D eigenvalue weighted by atomic mass is 35.5. The van der Waals surface area contributed by atoms with Crippen molar-refractivity contribution < 1.29 is 14.1 Å². The maximum atomic E-state index is 12.9. The van der Waals surface area contributed by atoms with Crippen molar-refractivity contribution in [2.45, 2.75) is 6.92 Å². The molecule has 27 heavy (non-hydrogen) atoms. The Balaban J connectivity index is 1.73. The summed E-state index contributed by atoms with van der Waals surface area (Å²) in [5.74, 6) is -0.244. The van der Waals surface area contributed by atoms with E-state index < -0.39 is 0 Å². The van der Waals surface area contributed by atoms with Gasteiger partial charge in [0.25, 0.3) is 5.91 Å². The molecule has 2 amide bonds. The van der Waals surface area contributed by atoms with Gasteiger partial charge in [-0.25, -0.2) is 0 Å². The number of likely N-dealkylation sites (N-methyl/N-ethyl adjacent to an activating group) is 1. The van der Waals surface area contributed by atoms with E-state index in [0.29, 0.717) is 27.7 Å². The number of aryl methyl sites for hydroxylation is 1. The van der Waals surface area contributed by atoms with Crippen molar-refractivity contribution in [1.82, 2.24) is 10.1 Å². The summed E-state index contributed by atoms with van der Waals surface area (Å²) in [5.41, 5.74) is 2.19. The molecule has 0 atom stereocenters. The van der Waals surface area contributed by atoms with Gasteiger partial charge in [-0.05, 0) is 31.2 Å². The van der Waals surface area contributed by atoms with E-state index in [1.54, 1.807) is 38.2 Å². The molecule has 0 aliphatic heterocycles. The minimum absolute atomic E-state index is 0.111. The van der Waals surface area contributed by atoms with Crippen LogP contribution in [0.4, 0.5) is 5.69 Å². The predicted molar refractivity (Wildman–Crippen MR) is 104 cm³/mol. The van der Waals surface area contributed by atoms with Crippen LogP contribution in [0.25, 0.3) is 11.3 Å². The summed E-state index contributed by atoms with van der Waals surface area (Å²) in [6.45, 7) is 1.56. The average molecular weight is 384 g/mol. The zero-order valence-corrected chi connectivity index (χ0v) is 15.7. The van der Waals surface area contributed by atoms with E-state index in [-0.39, 0.29) is 18.4 Å². The average Bonchev–Trinajstić information content (AvgIpc) is 3.05. The van der Waals surface area contributed by atoms with Gasteiger partial charge in [-0.3, -0.25) is 9.59 Å². The molecule has 3 rings (SSSR count). The molecular weight excluding hydrogens is 366 g/mol. The number of anilines is 1. The molecule has 0 aliphatic carbocycles. The number of carbonyl (C=O) groups excluding carboxylic acids is 2. The van der Waals surface area contributed by atoms with Crippen LogP contribution in [0.15, 0.2) is 59.1 Å². The molecule has 0 spiro atoms. The first-order valence-electron chi connectivity index (χ1n) is 8.28. The van der Waals surface area contributed by atoms with Gasteiger partial charge in [0.1, 0.15) is 17.0 Å². The molecule has 0 saturated heterocycles. The van der Waals surface area contributed by atoms with Crippen molar-refractivity contribution in [3.63, 3.8) is 0 Å². The molecule has 1 N–H and O–H groups in total. The SMILES string of the molecule is Cc1onc(-c2ccccc2)c1C(=O)N(C)CC(=O)Nc1ccc(Cl)cc1. The summed E-state index contributed by atoms with van der Waals surface area (Å²) in [6, 6.07) is 16.0. The van der Waals surface area contributed by atoms with E-state index in [2.05, 4.69) is 10.5 Å². The fourth-order valence-corrected chi connectivity index (χ4v) is 2.75. The fourth-order valence-electron chi connectivity index (χ4n) is 2.63. The van der Waals surface area contributed by atoms with Gasteiger partial charge < -0.3 is 14.7 Å². The molecule has 2 aromatic carbocycles. The highest BCUT2D eigenvalue weighted by Gasteiger charge is 2.25. The highest BCUT2D eigenvalue weighted by Crippen LogP contribution is 2.26. The minimum atomic E-state index is -0.334. The van der Waals surface area contributed by atoms with Gasteiger partial charge in [0, 0.05) is 23.3 Å². The number of halogens is 1. The molecule has 138 valence electrons. The number of aromatic nitrogens is 1. The number of hydrogen-bond donors (Lipinski definition) is 1. The zero-order valence-electron chi connectivity index (χ0n) is 14.9.